The number of morpholine rings is 1. The molecule has 5 aromatic heterocycles. The Bertz CT molecular complexity index is 1570. The second kappa shape index (κ2) is 9.07. The fourth-order valence-electron chi connectivity index (χ4n) is 4.98. The SMILES string of the molecule is Cc1nn(-c2cncc(C(F)F)c2)c(C)c1-c1cc(N2CCOC[C@H]2C)nc2c(-c3ccc[nH]3)cnn12. The van der Waals surface area contributed by atoms with Crippen LogP contribution in [-0.4, -0.2) is 60.1 Å². The zero-order valence-electron chi connectivity index (χ0n) is 20.7. The zero-order chi connectivity index (χ0) is 25.7. The number of halogens is 2. The third kappa shape index (κ3) is 3.95. The highest BCUT2D eigenvalue weighted by molar-refractivity contribution is 5.80. The van der Waals surface area contributed by atoms with E-state index >= 15 is 0 Å². The van der Waals surface area contributed by atoms with Crippen LogP contribution in [0, 0.1) is 13.8 Å². The van der Waals surface area contributed by atoms with Gasteiger partial charge in [0.15, 0.2) is 5.65 Å². The molecule has 0 amide bonds. The molecule has 0 radical (unpaired) electrons. The van der Waals surface area contributed by atoms with Gasteiger partial charge < -0.3 is 14.6 Å². The van der Waals surface area contributed by atoms with E-state index in [0.29, 0.717) is 24.5 Å². The number of hydrogen-bond donors (Lipinski definition) is 1. The maximum Gasteiger partial charge on any atom is 0.265 e. The number of anilines is 1. The standard InChI is InChI=1S/C26H26F2N8O/c1-15-14-37-8-7-34(15)23-10-22(36-26(32-23)20(13-31-36)21-5-4-6-30-21)24-16(2)33-35(17(24)3)19-9-18(25(27)28)11-29-12-19/h4-6,9-13,15,25,30H,7-8,14H2,1-3H3/t15-/m1/s1. The maximum atomic E-state index is 13.4. The lowest BCUT2D eigenvalue weighted by molar-refractivity contribution is 0.0985. The predicted molar refractivity (Wildman–Crippen MR) is 135 cm³/mol. The molecule has 1 fully saturated rings. The highest BCUT2D eigenvalue weighted by Crippen LogP contribution is 2.34. The molecule has 5 aromatic rings. The summed E-state index contributed by atoms with van der Waals surface area (Å²) in [6, 6.07) is 7.52. The Hall–Kier alpha value is -4.12. The van der Waals surface area contributed by atoms with Gasteiger partial charge in [-0.15, -0.1) is 0 Å². The molecular weight excluding hydrogens is 478 g/mol. The van der Waals surface area contributed by atoms with E-state index in [1.807, 2.05) is 42.8 Å². The molecule has 1 N–H and O–H groups in total. The van der Waals surface area contributed by atoms with Crippen molar-refractivity contribution in [2.24, 2.45) is 0 Å². The number of fused-ring (bicyclic) bond motifs is 1. The number of pyridine rings is 1. The van der Waals surface area contributed by atoms with Crippen LogP contribution in [0.1, 0.15) is 30.3 Å². The van der Waals surface area contributed by atoms with Gasteiger partial charge in [-0.05, 0) is 39.0 Å². The summed E-state index contributed by atoms with van der Waals surface area (Å²) < 4.78 is 35.8. The molecule has 0 aliphatic carbocycles. The zero-order valence-corrected chi connectivity index (χ0v) is 20.7. The molecule has 1 aliphatic heterocycles. The molecule has 1 aliphatic rings. The first-order valence-corrected chi connectivity index (χ1v) is 12.1. The van der Waals surface area contributed by atoms with Gasteiger partial charge in [-0.3, -0.25) is 4.98 Å². The number of ether oxygens (including phenoxy) is 1. The van der Waals surface area contributed by atoms with E-state index in [9.17, 15) is 8.78 Å². The number of alkyl halides is 2. The lowest BCUT2D eigenvalue weighted by Gasteiger charge is -2.34. The lowest BCUT2D eigenvalue weighted by Crippen LogP contribution is -2.44. The third-order valence-electron chi connectivity index (χ3n) is 6.80. The smallest absolute Gasteiger partial charge is 0.265 e. The Morgan fingerprint density at radius 3 is 2.78 bits per heavy atom. The van der Waals surface area contributed by atoms with E-state index in [2.05, 4.69) is 21.8 Å². The van der Waals surface area contributed by atoms with Gasteiger partial charge in [-0.2, -0.15) is 10.2 Å². The Labute approximate surface area is 211 Å². The molecular formula is C26H26F2N8O. The van der Waals surface area contributed by atoms with E-state index < -0.39 is 6.43 Å². The summed E-state index contributed by atoms with van der Waals surface area (Å²) in [6.45, 7) is 7.90. The van der Waals surface area contributed by atoms with Crippen molar-refractivity contribution in [1.82, 2.24) is 34.3 Å². The van der Waals surface area contributed by atoms with Crippen molar-refractivity contribution >= 4 is 11.5 Å². The van der Waals surface area contributed by atoms with Crippen LogP contribution < -0.4 is 4.90 Å². The lowest BCUT2D eigenvalue weighted by atomic mass is 10.1. The summed E-state index contributed by atoms with van der Waals surface area (Å²) in [5.41, 5.74) is 6.04. The summed E-state index contributed by atoms with van der Waals surface area (Å²) in [4.78, 5) is 14.5. The van der Waals surface area contributed by atoms with Crippen molar-refractivity contribution in [1.29, 1.82) is 0 Å². The van der Waals surface area contributed by atoms with Gasteiger partial charge in [-0.1, -0.05) is 0 Å². The number of nitrogens with zero attached hydrogens (tertiary/aromatic N) is 7. The number of aromatic amines is 1. The van der Waals surface area contributed by atoms with Gasteiger partial charge in [0.1, 0.15) is 5.82 Å². The average Bonchev–Trinajstić information content (AvgIpc) is 3.63. The van der Waals surface area contributed by atoms with Gasteiger partial charge in [-0.25, -0.2) is 23.0 Å². The van der Waals surface area contributed by atoms with Gasteiger partial charge in [0, 0.05) is 36.1 Å². The molecule has 190 valence electrons. The van der Waals surface area contributed by atoms with Crippen LogP contribution in [-0.2, 0) is 4.74 Å². The maximum absolute atomic E-state index is 13.4. The Morgan fingerprint density at radius 1 is 1.16 bits per heavy atom. The van der Waals surface area contributed by atoms with Crippen molar-refractivity contribution < 1.29 is 13.5 Å². The number of H-pyrrole nitrogens is 1. The summed E-state index contributed by atoms with van der Waals surface area (Å²) in [6.07, 6.45) is 3.77. The van der Waals surface area contributed by atoms with Gasteiger partial charge in [0.05, 0.1) is 65.7 Å². The van der Waals surface area contributed by atoms with Crippen molar-refractivity contribution in [3.63, 3.8) is 0 Å². The van der Waals surface area contributed by atoms with Crippen molar-refractivity contribution in [3.8, 4) is 28.2 Å². The molecule has 0 spiro atoms. The first-order chi connectivity index (χ1) is 17.9. The largest absolute Gasteiger partial charge is 0.377 e. The van der Waals surface area contributed by atoms with Crippen LogP contribution in [0.5, 0.6) is 0 Å². The van der Waals surface area contributed by atoms with Crippen LogP contribution in [0.2, 0.25) is 0 Å². The Balaban J connectivity index is 1.57. The fourth-order valence-corrected chi connectivity index (χ4v) is 4.98. The summed E-state index contributed by atoms with van der Waals surface area (Å²) in [7, 11) is 0. The molecule has 0 saturated carbocycles. The third-order valence-corrected chi connectivity index (χ3v) is 6.80. The highest BCUT2D eigenvalue weighted by atomic mass is 19.3. The molecule has 0 aromatic carbocycles. The van der Waals surface area contributed by atoms with E-state index in [4.69, 9.17) is 19.9 Å². The van der Waals surface area contributed by atoms with Crippen LogP contribution in [0.3, 0.4) is 0 Å². The summed E-state index contributed by atoms with van der Waals surface area (Å²) in [5, 5.41) is 9.41. The molecule has 0 unspecified atom stereocenters. The number of aryl methyl sites for hydroxylation is 1. The van der Waals surface area contributed by atoms with Gasteiger partial charge >= 0.3 is 0 Å². The molecule has 6 rings (SSSR count). The van der Waals surface area contributed by atoms with Crippen LogP contribution in [0.15, 0.2) is 49.1 Å². The monoisotopic (exact) mass is 504 g/mol. The minimum atomic E-state index is -2.61. The highest BCUT2D eigenvalue weighted by Gasteiger charge is 2.26. The molecule has 1 atom stereocenters. The minimum absolute atomic E-state index is 0.149. The van der Waals surface area contributed by atoms with Crippen molar-refractivity contribution in [2.75, 3.05) is 24.7 Å². The molecule has 11 heteroatoms. The van der Waals surface area contributed by atoms with E-state index in [1.165, 1.54) is 18.5 Å². The normalized spacial score (nSPS) is 16.3. The molecule has 6 heterocycles. The molecule has 1 saturated heterocycles. The van der Waals surface area contributed by atoms with Gasteiger partial charge in [0.2, 0.25) is 0 Å². The van der Waals surface area contributed by atoms with Gasteiger partial charge in [0.25, 0.3) is 6.43 Å². The quantitative estimate of drug-likeness (QED) is 0.372. The fraction of sp³-hybridized carbons (Fsp3) is 0.308. The molecule has 37 heavy (non-hydrogen) atoms. The predicted octanol–water partition coefficient (Wildman–Crippen LogP) is 4.75. The first-order valence-electron chi connectivity index (χ1n) is 12.1. The Kier molecular flexibility index (Phi) is 5.71. The van der Waals surface area contributed by atoms with Crippen molar-refractivity contribution in [2.45, 2.75) is 33.2 Å². The Morgan fingerprint density at radius 2 is 2.03 bits per heavy atom. The van der Waals surface area contributed by atoms with Crippen molar-refractivity contribution in [3.05, 3.63) is 66.0 Å². The number of hydrogen-bond acceptors (Lipinski definition) is 6. The average molecular weight is 505 g/mol. The number of nitrogens with one attached hydrogen (secondary N) is 1. The summed E-state index contributed by atoms with van der Waals surface area (Å²) >= 11 is 0. The minimum Gasteiger partial charge on any atom is -0.377 e. The van der Waals surface area contributed by atoms with Crippen LogP contribution >= 0.6 is 0 Å². The van der Waals surface area contributed by atoms with E-state index in [1.54, 1.807) is 10.9 Å². The first kappa shape index (κ1) is 23.3. The summed E-state index contributed by atoms with van der Waals surface area (Å²) in [5.74, 6) is 0.819. The number of aromatic nitrogens is 7. The second-order valence-electron chi connectivity index (χ2n) is 9.23. The van der Waals surface area contributed by atoms with E-state index in [0.717, 1.165) is 46.3 Å². The van der Waals surface area contributed by atoms with Crippen LogP contribution in [0.4, 0.5) is 14.6 Å². The molecule has 9 nitrogen and oxygen atoms in total. The second-order valence-corrected chi connectivity index (χ2v) is 9.23. The number of rotatable bonds is 5. The molecule has 0 bridgehead atoms. The topological polar surface area (TPSA) is 89.2 Å². The van der Waals surface area contributed by atoms with Crippen LogP contribution in [0.25, 0.3) is 33.8 Å². The van der Waals surface area contributed by atoms with E-state index in [-0.39, 0.29) is 11.6 Å².